The van der Waals surface area contributed by atoms with E-state index < -0.39 is 8.80 Å². The zero-order valence-electron chi connectivity index (χ0n) is 9.27. The van der Waals surface area contributed by atoms with Gasteiger partial charge >= 0.3 is 8.80 Å². The highest BCUT2D eigenvalue weighted by molar-refractivity contribution is 6.62. The fourth-order valence-corrected chi connectivity index (χ4v) is 3.36. The monoisotopic (exact) mass is 227 g/mol. The summed E-state index contributed by atoms with van der Waals surface area (Å²) in [6.07, 6.45) is 0. The molecule has 2 N–H and O–H groups in total. The van der Waals surface area contributed by atoms with Crippen LogP contribution in [0.2, 0.25) is 0 Å². The molecule has 0 saturated carbocycles. The molecular formula is C10H17NO3Si. The first-order valence-corrected chi connectivity index (χ1v) is 6.46. The number of nitrogens with two attached hydrogens (primary N) is 1. The van der Waals surface area contributed by atoms with E-state index in [-0.39, 0.29) is 5.67 Å². The van der Waals surface area contributed by atoms with Gasteiger partial charge in [0.1, 0.15) is 5.67 Å². The lowest BCUT2D eigenvalue weighted by Gasteiger charge is -2.29. The SMILES string of the molecule is CO[Si](OC)(OC)C(N)c1ccccc1. The molecule has 1 unspecified atom stereocenters. The van der Waals surface area contributed by atoms with Gasteiger partial charge in [-0.1, -0.05) is 30.3 Å². The van der Waals surface area contributed by atoms with Crippen LogP contribution in [0.3, 0.4) is 0 Å². The summed E-state index contributed by atoms with van der Waals surface area (Å²) in [7, 11) is 1.89. The Morgan fingerprint density at radius 2 is 1.47 bits per heavy atom. The Labute approximate surface area is 91.3 Å². The maximum absolute atomic E-state index is 6.09. The molecule has 5 heteroatoms. The Morgan fingerprint density at radius 1 is 1.00 bits per heavy atom. The summed E-state index contributed by atoms with van der Waals surface area (Å²) in [5.41, 5.74) is 6.68. The molecule has 0 fully saturated rings. The average Bonchev–Trinajstić information content (AvgIpc) is 2.33. The van der Waals surface area contributed by atoms with Gasteiger partial charge in [0.15, 0.2) is 0 Å². The van der Waals surface area contributed by atoms with Crippen molar-refractivity contribution >= 4 is 8.80 Å². The maximum atomic E-state index is 6.09. The molecule has 0 heterocycles. The smallest absolute Gasteiger partial charge is 0.376 e. The summed E-state index contributed by atoms with van der Waals surface area (Å²) in [4.78, 5) is 0. The normalized spacial score (nSPS) is 13.9. The molecule has 0 aliphatic heterocycles. The van der Waals surface area contributed by atoms with Crippen molar-refractivity contribution < 1.29 is 13.3 Å². The highest BCUT2D eigenvalue weighted by atomic mass is 28.4. The van der Waals surface area contributed by atoms with Crippen molar-refractivity contribution in [1.82, 2.24) is 0 Å². The largest absolute Gasteiger partial charge is 0.522 e. The maximum Gasteiger partial charge on any atom is 0.522 e. The molecule has 0 saturated heterocycles. The molecular weight excluding hydrogens is 210 g/mol. The second kappa shape index (κ2) is 5.39. The molecule has 1 rings (SSSR count). The predicted molar refractivity (Wildman–Crippen MR) is 60.2 cm³/mol. The Kier molecular flexibility index (Phi) is 4.43. The summed E-state index contributed by atoms with van der Waals surface area (Å²) < 4.78 is 16.0. The summed E-state index contributed by atoms with van der Waals surface area (Å²) in [5.74, 6) is 0. The van der Waals surface area contributed by atoms with Crippen molar-refractivity contribution in [2.24, 2.45) is 5.73 Å². The zero-order chi connectivity index (χ0) is 11.3. The van der Waals surface area contributed by atoms with Crippen molar-refractivity contribution in [3.05, 3.63) is 35.9 Å². The minimum atomic E-state index is -2.78. The van der Waals surface area contributed by atoms with Crippen LogP contribution in [0.15, 0.2) is 30.3 Å². The molecule has 0 bridgehead atoms. The molecule has 4 nitrogen and oxygen atoms in total. The quantitative estimate of drug-likeness (QED) is 0.765. The van der Waals surface area contributed by atoms with Crippen LogP contribution < -0.4 is 5.73 Å². The molecule has 0 amide bonds. The molecule has 1 atom stereocenters. The summed E-state index contributed by atoms with van der Waals surface area (Å²) in [6.45, 7) is 0. The summed E-state index contributed by atoms with van der Waals surface area (Å²) in [5, 5.41) is 0. The zero-order valence-corrected chi connectivity index (χ0v) is 10.3. The van der Waals surface area contributed by atoms with Gasteiger partial charge in [-0.05, 0) is 5.56 Å². The highest BCUT2D eigenvalue weighted by Gasteiger charge is 2.46. The Balaban J connectivity index is 2.95. The molecule has 1 aromatic carbocycles. The van der Waals surface area contributed by atoms with E-state index in [1.807, 2.05) is 30.3 Å². The Bertz CT molecular complexity index is 282. The molecule has 0 aliphatic carbocycles. The van der Waals surface area contributed by atoms with E-state index in [2.05, 4.69) is 0 Å². The first kappa shape index (κ1) is 12.3. The lowest BCUT2D eigenvalue weighted by molar-refractivity contribution is 0.113. The van der Waals surface area contributed by atoms with Crippen molar-refractivity contribution in [3.8, 4) is 0 Å². The number of hydrogen-bond donors (Lipinski definition) is 1. The number of hydrogen-bond acceptors (Lipinski definition) is 4. The van der Waals surface area contributed by atoms with Gasteiger partial charge in [-0.2, -0.15) is 0 Å². The van der Waals surface area contributed by atoms with Gasteiger partial charge in [-0.25, -0.2) is 0 Å². The highest BCUT2D eigenvalue weighted by Crippen LogP contribution is 2.23. The first-order valence-electron chi connectivity index (χ1n) is 4.66. The van der Waals surface area contributed by atoms with Crippen LogP contribution >= 0.6 is 0 Å². The van der Waals surface area contributed by atoms with E-state index in [1.54, 1.807) is 21.3 Å². The molecule has 0 radical (unpaired) electrons. The molecule has 15 heavy (non-hydrogen) atoms. The van der Waals surface area contributed by atoms with Gasteiger partial charge in [0, 0.05) is 21.3 Å². The fourth-order valence-electron chi connectivity index (χ4n) is 1.50. The van der Waals surface area contributed by atoms with Gasteiger partial charge in [-0.15, -0.1) is 0 Å². The van der Waals surface area contributed by atoms with Crippen molar-refractivity contribution in [3.63, 3.8) is 0 Å². The van der Waals surface area contributed by atoms with Crippen LogP contribution in [-0.4, -0.2) is 30.1 Å². The van der Waals surface area contributed by atoms with Crippen LogP contribution in [0.25, 0.3) is 0 Å². The molecule has 1 aromatic rings. The van der Waals surface area contributed by atoms with Crippen molar-refractivity contribution in [2.75, 3.05) is 21.3 Å². The van der Waals surface area contributed by atoms with Crippen molar-refractivity contribution in [2.45, 2.75) is 5.67 Å². The third kappa shape index (κ3) is 2.45. The molecule has 0 spiro atoms. The van der Waals surface area contributed by atoms with Gasteiger partial charge in [0.2, 0.25) is 0 Å². The van der Waals surface area contributed by atoms with E-state index in [0.717, 1.165) is 5.56 Å². The number of benzene rings is 1. The second-order valence-electron chi connectivity index (χ2n) is 3.10. The van der Waals surface area contributed by atoms with E-state index in [9.17, 15) is 0 Å². The van der Waals surface area contributed by atoms with Gasteiger partial charge < -0.3 is 19.0 Å². The lowest BCUT2D eigenvalue weighted by Crippen LogP contribution is -2.52. The standard InChI is InChI=1S/C10H17NO3Si/c1-12-15(13-2,14-3)10(11)9-7-5-4-6-8-9/h4-8,10H,11H2,1-3H3. The van der Waals surface area contributed by atoms with Crippen LogP contribution in [-0.2, 0) is 13.3 Å². The summed E-state index contributed by atoms with van der Waals surface area (Å²) in [6, 6.07) is 9.66. The van der Waals surface area contributed by atoms with Crippen LogP contribution in [0.1, 0.15) is 11.2 Å². The van der Waals surface area contributed by atoms with E-state index in [1.165, 1.54) is 0 Å². The third-order valence-corrected chi connectivity index (χ3v) is 5.20. The molecule has 0 aliphatic rings. The molecule has 84 valence electrons. The van der Waals surface area contributed by atoms with Gasteiger partial charge in [0.25, 0.3) is 0 Å². The number of rotatable bonds is 5. The van der Waals surface area contributed by atoms with E-state index in [4.69, 9.17) is 19.0 Å². The van der Waals surface area contributed by atoms with Gasteiger partial charge in [-0.3, -0.25) is 0 Å². The van der Waals surface area contributed by atoms with Crippen LogP contribution in [0, 0.1) is 0 Å². The van der Waals surface area contributed by atoms with E-state index >= 15 is 0 Å². The average molecular weight is 227 g/mol. The minimum absolute atomic E-state index is 0.362. The Hall–Kier alpha value is -0.723. The van der Waals surface area contributed by atoms with Crippen LogP contribution in [0.5, 0.6) is 0 Å². The first-order chi connectivity index (χ1) is 7.20. The summed E-state index contributed by atoms with van der Waals surface area (Å²) >= 11 is 0. The molecule has 0 aromatic heterocycles. The minimum Gasteiger partial charge on any atom is -0.376 e. The fraction of sp³-hybridized carbons (Fsp3) is 0.400. The van der Waals surface area contributed by atoms with Crippen LogP contribution in [0.4, 0.5) is 0 Å². The Morgan fingerprint density at radius 3 is 1.87 bits per heavy atom. The lowest BCUT2D eigenvalue weighted by atomic mass is 10.2. The van der Waals surface area contributed by atoms with Crippen molar-refractivity contribution in [1.29, 1.82) is 0 Å². The predicted octanol–water partition coefficient (Wildman–Crippen LogP) is 1.10. The topological polar surface area (TPSA) is 53.7 Å². The third-order valence-electron chi connectivity index (χ3n) is 2.39. The van der Waals surface area contributed by atoms with Gasteiger partial charge in [0.05, 0.1) is 0 Å². The second-order valence-corrected chi connectivity index (χ2v) is 6.16. The van der Waals surface area contributed by atoms with E-state index in [0.29, 0.717) is 0 Å².